The average molecular weight is 601 g/mol. The number of rotatable bonds is 7. The number of nitrogens with one attached hydrogen (secondary N) is 1. The van der Waals surface area contributed by atoms with Gasteiger partial charge in [-0.25, -0.2) is 9.59 Å². The quantitative estimate of drug-likeness (QED) is 0.372. The first-order chi connectivity index (χ1) is 20.9. The lowest BCUT2D eigenvalue weighted by atomic mass is 9.86. The third kappa shape index (κ3) is 5.10. The van der Waals surface area contributed by atoms with Crippen LogP contribution in [-0.4, -0.2) is 57.8 Å². The molecule has 11 nitrogen and oxygen atoms in total. The SMILES string of the molecule is CCOC(=O)n1nc(NC(=O)c2ccc3c(c2)N(C(C)C)C(=O)C3(C)C)c2c1CN(C(=O)N(CC)c1ccccc1CC)C2. The third-order valence-corrected chi connectivity index (χ3v) is 8.40. The number of para-hydroxylation sites is 1. The Morgan fingerprint density at radius 1 is 1.07 bits per heavy atom. The molecule has 0 fully saturated rings. The van der Waals surface area contributed by atoms with Crippen LogP contribution in [0, 0.1) is 0 Å². The van der Waals surface area contributed by atoms with Crippen LogP contribution < -0.4 is 15.1 Å². The van der Waals surface area contributed by atoms with Gasteiger partial charge in [-0.05, 0) is 77.3 Å². The van der Waals surface area contributed by atoms with Gasteiger partial charge in [0.15, 0.2) is 5.82 Å². The minimum atomic E-state index is -0.701. The van der Waals surface area contributed by atoms with Crippen LogP contribution in [-0.2, 0) is 34.5 Å². The van der Waals surface area contributed by atoms with Crippen molar-refractivity contribution in [1.29, 1.82) is 0 Å². The first kappa shape index (κ1) is 30.8. The molecule has 3 aromatic rings. The molecular weight excluding hydrogens is 560 g/mol. The number of urea groups is 1. The highest BCUT2D eigenvalue weighted by Crippen LogP contribution is 2.43. The molecule has 2 aliphatic rings. The average Bonchev–Trinajstić information content (AvgIpc) is 3.63. The molecule has 2 aliphatic heterocycles. The van der Waals surface area contributed by atoms with Crippen molar-refractivity contribution < 1.29 is 23.9 Å². The Kier molecular flexibility index (Phi) is 8.24. The number of nitrogens with zero attached hydrogens (tertiary/aromatic N) is 5. The fraction of sp³-hybridized carbons (Fsp3) is 0.424. The van der Waals surface area contributed by atoms with Gasteiger partial charge in [0.25, 0.3) is 5.91 Å². The summed E-state index contributed by atoms with van der Waals surface area (Å²) in [6.07, 6.45) is 0.0883. The molecule has 44 heavy (non-hydrogen) atoms. The van der Waals surface area contributed by atoms with Gasteiger partial charge in [-0.2, -0.15) is 4.68 Å². The predicted molar refractivity (Wildman–Crippen MR) is 168 cm³/mol. The van der Waals surface area contributed by atoms with E-state index in [0.717, 1.165) is 27.9 Å². The molecule has 4 amide bonds. The number of amides is 4. The van der Waals surface area contributed by atoms with Crippen molar-refractivity contribution in [1.82, 2.24) is 14.7 Å². The van der Waals surface area contributed by atoms with Crippen LogP contribution in [0.25, 0.3) is 0 Å². The van der Waals surface area contributed by atoms with E-state index in [1.807, 2.05) is 71.9 Å². The highest BCUT2D eigenvalue weighted by Gasteiger charge is 2.45. The van der Waals surface area contributed by atoms with Crippen molar-refractivity contribution >= 4 is 41.1 Å². The number of anilines is 3. The van der Waals surface area contributed by atoms with Gasteiger partial charge in [-0.1, -0.05) is 31.2 Å². The zero-order chi connectivity index (χ0) is 31.9. The van der Waals surface area contributed by atoms with Crippen molar-refractivity contribution in [3.63, 3.8) is 0 Å². The molecule has 0 radical (unpaired) electrons. The lowest BCUT2D eigenvalue weighted by molar-refractivity contribution is -0.122. The molecule has 0 spiro atoms. The third-order valence-electron chi connectivity index (χ3n) is 8.40. The van der Waals surface area contributed by atoms with Crippen LogP contribution in [0.15, 0.2) is 42.5 Å². The van der Waals surface area contributed by atoms with E-state index in [1.165, 1.54) is 0 Å². The number of carbonyl (C=O) groups excluding carboxylic acids is 4. The van der Waals surface area contributed by atoms with E-state index < -0.39 is 17.4 Å². The number of aryl methyl sites for hydroxylation is 1. The maximum Gasteiger partial charge on any atom is 0.435 e. The zero-order valence-corrected chi connectivity index (χ0v) is 26.4. The number of hydrogen-bond donors (Lipinski definition) is 1. The van der Waals surface area contributed by atoms with Crippen LogP contribution in [0.1, 0.15) is 81.2 Å². The summed E-state index contributed by atoms with van der Waals surface area (Å²) in [4.78, 5) is 58.5. The van der Waals surface area contributed by atoms with Gasteiger partial charge in [0.05, 0.1) is 30.8 Å². The number of hydrogen-bond acceptors (Lipinski definition) is 6. The van der Waals surface area contributed by atoms with Crippen molar-refractivity contribution in [2.45, 2.75) is 79.4 Å². The molecule has 0 aliphatic carbocycles. The Hall–Kier alpha value is -4.67. The monoisotopic (exact) mass is 600 g/mol. The van der Waals surface area contributed by atoms with Crippen molar-refractivity contribution in [3.8, 4) is 0 Å². The van der Waals surface area contributed by atoms with Crippen molar-refractivity contribution in [2.24, 2.45) is 0 Å². The minimum Gasteiger partial charge on any atom is -0.448 e. The Morgan fingerprint density at radius 2 is 1.80 bits per heavy atom. The summed E-state index contributed by atoms with van der Waals surface area (Å²) < 4.78 is 6.36. The van der Waals surface area contributed by atoms with Gasteiger partial charge < -0.3 is 19.9 Å². The number of benzene rings is 2. The van der Waals surface area contributed by atoms with Crippen molar-refractivity contribution in [3.05, 3.63) is 70.4 Å². The standard InChI is InChI=1S/C33H40N6O5/c1-8-21-13-11-12-14-25(21)37(9-2)31(42)36-18-23-27(19-36)39(32(43)44-10-3)35-28(23)34-29(40)22-15-16-24-26(17-22)38(20(4)5)30(41)33(24,6)7/h11-17,20H,8-10,18-19H2,1-7H3,(H,34,35,40). The van der Waals surface area contributed by atoms with Crippen molar-refractivity contribution in [2.75, 3.05) is 28.3 Å². The van der Waals surface area contributed by atoms with Crippen LogP contribution in [0.2, 0.25) is 0 Å². The summed E-state index contributed by atoms with van der Waals surface area (Å²) in [7, 11) is 0. The molecule has 0 saturated heterocycles. The number of fused-ring (bicyclic) bond motifs is 2. The topological polar surface area (TPSA) is 117 Å². The van der Waals surface area contributed by atoms with E-state index in [4.69, 9.17) is 4.74 Å². The zero-order valence-electron chi connectivity index (χ0n) is 26.4. The summed E-state index contributed by atoms with van der Waals surface area (Å²) in [6.45, 7) is 14.2. The van der Waals surface area contributed by atoms with E-state index >= 15 is 0 Å². The summed E-state index contributed by atoms with van der Waals surface area (Å²) >= 11 is 0. The Balaban J connectivity index is 1.45. The molecule has 5 rings (SSSR count). The first-order valence-electron chi connectivity index (χ1n) is 15.2. The number of carbonyl (C=O) groups is 4. The second-order valence-corrected chi connectivity index (χ2v) is 11.8. The second-order valence-electron chi connectivity index (χ2n) is 11.8. The minimum absolute atomic E-state index is 0.0153. The van der Waals surface area contributed by atoms with Gasteiger partial charge in [-0.3, -0.25) is 14.5 Å². The maximum absolute atomic E-state index is 13.8. The van der Waals surface area contributed by atoms with E-state index in [9.17, 15) is 19.2 Å². The molecule has 1 N–H and O–H groups in total. The molecule has 232 valence electrons. The lowest BCUT2D eigenvalue weighted by Crippen LogP contribution is -2.41. The normalized spacial score (nSPS) is 15.0. The lowest BCUT2D eigenvalue weighted by Gasteiger charge is -2.28. The largest absolute Gasteiger partial charge is 0.448 e. The Bertz CT molecular complexity index is 1640. The van der Waals surface area contributed by atoms with Crippen LogP contribution >= 0.6 is 0 Å². The van der Waals surface area contributed by atoms with E-state index in [2.05, 4.69) is 10.4 Å². The first-order valence-corrected chi connectivity index (χ1v) is 15.2. The molecule has 3 heterocycles. The molecule has 0 unspecified atom stereocenters. The highest BCUT2D eigenvalue weighted by atomic mass is 16.6. The van der Waals surface area contributed by atoms with Gasteiger partial charge >= 0.3 is 12.1 Å². The molecule has 11 heteroatoms. The molecule has 0 atom stereocenters. The van der Waals surface area contributed by atoms with Gasteiger partial charge in [0.1, 0.15) is 0 Å². The van der Waals surface area contributed by atoms with Gasteiger partial charge in [0, 0.05) is 35.1 Å². The molecule has 1 aromatic heterocycles. The fourth-order valence-corrected chi connectivity index (χ4v) is 6.08. The van der Waals surface area contributed by atoms with Crippen LogP contribution in [0.5, 0.6) is 0 Å². The van der Waals surface area contributed by atoms with Crippen LogP contribution in [0.4, 0.5) is 26.8 Å². The fourth-order valence-electron chi connectivity index (χ4n) is 6.08. The summed E-state index contributed by atoms with van der Waals surface area (Å²) in [5.74, 6) is -0.275. The molecule has 0 saturated carbocycles. The summed E-state index contributed by atoms with van der Waals surface area (Å²) in [6, 6.07) is 12.7. The van der Waals surface area contributed by atoms with E-state index in [1.54, 1.807) is 33.8 Å². The summed E-state index contributed by atoms with van der Waals surface area (Å²) in [5.41, 5.74) is 4.16. The second kappa shape index (κ2) is 11.8. The van der Waals surface area contributed by atoms with Gasteiger partial charge in [0.2, 0.25) is 5.91 Å². The van der Waals surface area contributed by atoms with Gasteiger partial charge in [-0.15, -0.1) is 5.10 Å². The smallest absolute Gasteiger partial charge is 0.435 e. The Labute approximate surface area is 257 Å². The van der Waals surface area contributed by atoms with E-state index in [0.29, 0.717) is 29.1 Å². The highest BCUT2D eigenvalue weighted by molar-refractivity contribution is 6.11. The number of ether oxygens (including phenoxy) is 1. The van der Waals surface area contributed by atoms with E-state index in [-0.39, 0.29) is 43.5 Å². The molecule has 2 aromatic carbocycles. The predicted octanol–water partition coefficient (Wildman–Crippen LogP) is 5.70. The van der Waals surface area contributed by atoms with Crippen LogP contribution in [0.3, 0.4) is 0 Å². The molecule has 0 bridgehead atoms. The molecular formula is C33H40N6O5. The Morgan fingerprint density at radius 3 is 2.45 bits per heavy atom. The number of aromatic nitrogens is 2. The maximum atomic E-state index is 13.8. The summed E-state index contributed by atoms with van der Waals surface area (Å²) in [5, 5.41) is 7.27.